The molecule has 1 saturated carbocycles. The van der Waals surface area contributed by atoms with Crippen molar-refractivity contribution in [1.29, 1.82) is 0 Å². The summed E-state index contributed by atoms with van der Waals surface area (Å²) in [7, 11) is 3.21. The molecule has 7 heteroatoms. The predicted octanol–water partition coefficient (Wildman–Crippen LogP) is -0.373. The van der Waals surface area contributed by atoms with E-state index in [0.717, 1.165) is 0 Å². The number of nitrogens with zero attached hydrogens (tertiary/aromatic N) is 1. The molecule has 18 heavy (non-hydrogen) atoms. The molecule has 102 valence electrons. The summed E-state index contributed by atoms with van der Waals surface area (Å²) < 4.78 is 0. The summed E-state index contributed by atoms with van der Waals surface area (Å²) in [6, 6.07) is -0.554. The lowest BCUT2D eigenvalue weighted by Gasteiger charge is -2.14. The molecule has 0 bridgehead atoms. The van der Waals surface area contributed by atoms with Gasteiger partial charge in [-0.25, -0.2) is 4.79 Å². The molecule has 0 saturated heterocycles. The lowest BCUT2D eigenvalue weighted by molar-refractivity contribution is -0.141. The predicted molar refractivity (Wildman–Crippen MR) is 64.0 cm³/mol. The van der Waals surface area contributed by atoms with Crippen LogP contribution in [0.1, 0.15) is 19.3 Å². The first-order chi connectivity index (χ1) is 8.40. The molecule has 0 spiro atoms. The summed E-state index contributed by atoms with van der Waals surface area (Å²) in [6.45, 7) is -0.0616. The van der Waals surface area contributed by atoms with E-state index in [9.17, 15) is 14.4 Å². The van der Waals surface area contributed by atoms with Crippen LogP contribution in [0.15, 0.2) is 0 Å². The monoisotopic (exact) mass is 257 g/mol. The standard InChI is InChI=1S/C11H19N3O4/c1-14(2)9(15)6-12-11(18)13-8-4-3-7(5-8)10(16)17/h7-8H,3-6H2,1-2H3,(H,16,17)(H2,12,13,18). The Kier molecular flexibility index (Phi) is 4.94. The van der Waals surface area contributed by atoms with Gasteiger partial charge in [-0.2, -0.15) is 0 Å². The van der Waals surface area contributed by atoms with E-state index in [0.29, 0.717) is 19.3 Å². The molecule has 0 aliphatic heterocycles. The van der Waals surface area contributed by atoms with Gasteiger partial charge in [-0.05, 0) is 19.3 Å². The Labute approximate surface area is 106 Å². The molecule has 1 aliphatic carbocycles. The number of likely N-dealkylation sites (N-methyl/N-ethyl adjacent to an activating group) is 1. The van der Waals surface area contributed by atoms with E-state index in [1.165, 1.54) is 4.90 Å². The fourth-order valence-electron chi connectivity index (χ4n) is 1.89. The van der Waals surface area contributed by atoms with Crippen molar-refractivity contribution in [3.8, 4) is 0 Å². The summed E-state index contributed by atoms with van der Waals surface area (Å²) in [6.07, 6.45) is 1.69. The molecule has 1 aliphatic rings. The molecular formula is C11H19N3O4. The van der Waals surface area contributed by atoms with Crippen LogP contribution in [-0.4, -0.2) is 54.6 Å². The van der Waals surface area contributed by atoms with Crippen LogP contribution in [0.3, 0.4) is 0 Å². The van der Waals surface area contributed by atoms with Gasteiger partial charge < -0.3 is 20.6 Å². The topological polar surface area (TPSA) is 98.7 Å². The Morgan fingerprint density at radius 2 is 1.94 bits per heavy atom. The van der Waals surface area contributed by atoms with Gasteiger partial charge in [0.2, 0.25) is 5.91 Å². The fourth-order valence-corrected chi connectivity index (χ4v) is 1.89. The van der Waals surface area contributed by atoms with E-state index in [1.807, 2.05) is 0 Å². The van der Waals surface area contributed by atoms with Gasteiger partial charge in [0.25, 0.3) is 0 Å². The summed E-state index contributed by atoms with van der Waals surface area (Å²) in [5, 5.41) is 13.9. The summed E-state index contributed by atoms with van der Waals surface area (Å²) >= 11 is 0. The number of carbonyl (C=O) groups excluding carboxylic acids is 2. The number of carboxylic acid groups (broad SMARTS) is 1. The van der Waals surface area contributed by atoms with E-state index in [2.05, 4.69) is 10.6 Å². The van der Waals surface area contributed by atoms with E-state index in [-0.39, 0.29) is 24.4 Å². The Hall–Kier alpha value is -1.79. The van der Waals surface area contributed by atoms with Crippen LogP contribution in [-0.2, 0) is 9.59 Å². The highest BCUT2D eigenvalue weighted by molar-refractivity contribution is 5.83. The number of amides is 3. The molecule has 3 amide bonds. The lowest BCUT2D eigenvalue weighted by Crippen LogP contribution is -2.45. The molecule has 0 radical (unpaired) electrons. The number of rotatable bonds is 4. The van der Waals surface area contributed by atoms with E-state index in [1.54, 1.807) is 14.1 Å². The van der Waals surface area contributed by atoms with E-state index < -0.39 is 12.0 Å². The third kappa shape index (κ3) is 4.23. The van der Waals surface area contributed by atoms with Gasteiger partial charge in [0.05, 0.1) is 12.5 Å². The van der Waals surface area contributed by atoms with Crippen molar-refractivity contribution in [2.45, 2.75) is 25.3 Å². The van der Waals surface area contributed by atoms with Gasteiger partial charge in [0.1, 0.15) is 0 Å². The van der Waals surface area contributed by atoms with Gasteiger partial charge in [-0.15, -0.1) is 0 Å². The number of carbonyl (C=O) groups is 3. The van der Waals surface area contributed by atoms with Crippen molar-refractivity contribution in [1.82, 2.24) is 15.5 Å². The van der Waals surface area contributed by atoms with Gasteiger partial charge in [0.15, 0.2) is 0 Å². The summed E-state index contributed by atoms with van der Waals surface area (Å²) in [4.78, 5) is 34.8. The van der Waals surface area contributed by atoms with Crippen LogP contribution in [0.5, 0.6) is 0 Å². The summed E-state index contributed by atoms with van der Waals surface area (Å²) in [5.41, 5.74) is 0. The number of hydrogen-bond donors (Lipinski definition) is 3. The summed E-state index contributed by atoms with van der Waals surface area (Å²) in [5.74, 6) is -1.39. The molecule has 1 fully saturated rings. The number of carboxylic acids is 1. The first kappa shape index (κ1) is 14.3. The molecule has 0 heterocycles. The minimum absolute atomic E-state index is 0.0616. The average molecular weight is 257 g/mol. The minimum Gasteiger partial charge on any atom is -0.481 e. The molecule has 0 aromatic rings. The molecule has 2 atom stereocenters. The molecule has 3 N–H and O–H groups in total. The van der Waals surface area contributed by atoms with Gasteiger partial charge in [0, 0.05) is 20.1 Å². The third-order valence-corrected chi connectivity index (χ3v) is 3.02. The Balaban J connectivity index is 2.25. The van der Waals surface area contributed by atoms with E-state index in [4.69, 9.17) is 5.11 Å². The van der Waals surface area contributed by atoms with Crippen molar-refractivity contribution in [3.63, 3.8) is 0 Å². The largest absolute Gasteiger partial charge is 0.481 e. The number of hydrogen-bond acceptors (Lipinski definition) is 3. The first-order valence-corrected chi connectivity index (χ1v) is 5.87. The fraction of sp³-hybridized carbons (Fsp3) is 0.727. The third-order valence-electron chi connectivity index (χ3n) is 3.02. The highest BCUT2D eigenvalue weighted by Gasteiger charge is 2.30. The van der Waals surface area contributed by atoms with Gasteiger partial charge in [-0.1, -0.05) is 0 Å². The zero-order valence-corrected chi connectivity index (χ0v) is 10.6. The second-order valence-electron chi connectivity index (χ2n) is 4.66. The van der Waals surface area contributed by atoms with Crippen LogP contribution >= 0.6 is 0 Å². The number of nitrogens with one attached hydrogen (secondary N) is 2. The number of aliphatic carboxylic acids is 1. The van der Waals surface area contributed by atoms with Crippen LogP contribution in [0.25, 0.3) is 0 Å². The molecule has 1 rings (SSSR count). The van der Waals surface area contributed by atoms with Gasteiger partial charge >= 0.3 is 12.0 Å². The van der Waals surface area contributed by atoms with Gasteiger partial charge in [-0.3, -0.25) is 9.59 Å². The maximum absolute atomic E-state index is 11.5. The van der Waals surface area contributed by atoms with Crippen molar-refractivity contribution >= 4 is 17.9 Å². The van der Waals surface area contributed by atoms with Crippen molar-refractivity contribution in [2.24, 2.45) is 5.92 Å². The van der Waals surface area contributed by atoms with Crippen LogP contribution in [0, 0.1) is 5.92 Å². The second kappa shape index (κ2) is 6.23. The zero-order chi connectivity index (χ0) is 13.7. The molecule has 2 unspecified atom stereocenters. The molecule has 0 aromatic heterocycles. The highest BCUT2D eigenvalue weighted by atomic mass is 16.4. The van der Waals surface area contributed by atoms with E-state index >= 15 is 0 Å². The molecule has 7 nitrogen and oxygen atoms in total. The van der Waals surface area contributed by atoms with Crippen molar-refractivity contribution in [2.75, 3.05) is 20.6 Å². The average Bonchev–Trinajstić information content (AvgIpc) is 2.74. The Bertz CT molecular complexity index is 343. The quantitative estimate of drug-likeness (QED) is 0.639. The smallest absolute Gasteiger partial charge is 0.315 e. The van der Waals surface area contributed by atoms with Crippen LogP contribution in [0.4, 0.5) is 4.79 Å². The molecular weight excluding hydrogens is 238 g/mol. The highest BCUT2D eigenvalue weighted by Crippen LogP contribution is 2.25. The maximum atomic E-state index is 11.5. The normalized spacial score (nSPS) is 22.3. The van der Waals surface area contributed by atoms with Crippen molar-refractivity contribution in [3.05, 3.63) is 0 Å². The van der Waals surface area contributed by atoms with Crippen LogP contribution in [0.2, 0.25) is 0 Å². The second-order valence-corrected chi connectivity index (χ2v) is 4.66. The minimum atomic E-state index is -0.817. The maximum Gasteiger partial charge on any atom is 0.315 e. The zero-order valence-electron chi connectivity index (χ0n) is 10.6. The van der Waals surface area contributed by atoms with Crippen LogP contribution < -0.4 is 10.6 Å². The van der Waals surface area contributed by atoms with Crippen molar-refractivity contribution < 1.29 is 19.5 Å². The SMILES string of the molecule is CN(C)C(=O)CNC(=O)NC1CCC(C(=O)O)C1. The number of urea groups is 1. The Morgan fingerprint density at radius 3 is 2.44 bits per heavy atom. The first-order valence-electron chi connectivity index (χ1n) is 5.87. The lowest BCUT2D eigenvalue weighted by atomic mass is 10.1. The molecule has 0 aromatic carbocycles. The Morgan fingerprint density at radius 1 is 1.28 bits per heavy atom.